The maximum absolute atomic E-state index is 13.3. The van der Waals surface area contributed by atoms with Crippen LogP contribution >= 0.6 is 0 Å². The van der Waals surface area contributed by atoms with E-state index in [4.69, 9.17) is 4.74 Å². The first-order valence-corrected chi connectivity index (χ1v) is 7.95. The van der Waals surface area contributed by atoms with Crippen LogP contribution in [0, 0.1) is 21.8 Å². The van der Waals surface area contributed by atoms with Gasteiger partial charge in [0, 0.05) is 12.1 Å². The lowest BCUT2D eigenvalue weighted by Gasteiger charge is -2.19. The number of carbonyl (C=O) groups is 1. The topological polar surface area (TPSA) is 81.5 Å². The maximum Gasteiger partial charge on any atom is 0.311 e. The number of ether oxygens (including phenoxy) is 1. The second kappa shape index (κ2) is 7.29. The van der Waals surface area contributed by atoms with Crippen LogP contribution in [-0.2, 0) is 4.79 Å². The van der Waals surface area contributed by atoms with E-state index in [1.54, 1.807) is 0 Å². The summed E-state index contributed by atoms with van der Waals surface area (Å²) in [6.45, 7) is -0.416. The smallest absolute Gasteiger partial charge is 0.311 e. The second-order valence-corrected chi connectivity index (χ2v) is 5.95. The summed E-state index contributed by atoms with van der Waals surface area (Å²) in [5.74, 6) is -0.946. The van der Waals surface area contributed by atoms with Crippen LogP contribution in [0.5, 0.6) is 5.75 Å². The Bertz CT molecular complexity index is 778. The van der Waals surface area contributed by atoms with Crippen molar-refractivity contribution in [3.8, 4) is 5.75 Å². The average Bonchev–Trinajstić information content (AvgIpc) is 3.43. The van der Waals surface area contributed by atoms with E-state index < -0.39 is 23.3 Å². The van der Waals surface area contributed by atoms with E-state index in [0.717, 1.165) is 36.6 Å². The van der Waals surface area contributed by atoms with Crippen LogP contribution in [0.25, 0.3) is 0 Å². The maximum atomic E-state index is 13.3. The van der Waals surface area contributed by atoms with Gasteiger partial charge < -0.3 is 10.1 Å². The van der Waals surface area contributed by atoms with Crippen molar-refractivity contribution in [3.05, 3.63) is 70.0 Å². The van der Waals surface area contributed by atoms with Gasteiger partial charge in [-0.15, -0.1) is 0 Å². The fourth-order valence-corrected chi connectivity index (χ4v) is 2.68. The SMILES string of the molecule is O=C(COc1cc(F)ccc1[N+](=O)[O-])NC(c1ccccc1)C1CC1. The van der Waals surface area contributed by atoms with E-state index in [1.165, 1.54) is 0 Å². The third-order valence-electron chi connectivity index (χ3n) is 4.05. The van der Waals surface area contributed by atoms with Crippen molar-refractivity contribution in [2.45, 2.75) is 18.9 Å². The summed E-state index contributed by atoms with van der Waals surface area (Å²) in [7, 11) is 0. The lowest BCUT2D eigenvalue weighted by molar-refractivity contribution is -0.385. The van der Waals surface area contributed by atoms with E-state index in [2.05, 4.69) is 5.32 Å². The highest BCUT2D eigenvalue weighted by molar-refractivity contribution is 5.78. The molecule has 6 nitrogen and oxygen atoms in total. The summed E-state index contributed by atoms with van der Waals surface area (Å²) in [5.41, 5.74) is 0.631. The molecule has 7 heteroatoms. The van der Waals surface area contributed by atoms with Gasteiger partial charge in [0.05, 0.1) is 11.0 Å². The van der Waals surface area contributed by atoms with E-state index in [1.807, 2.05) is 30.3 Å². The van der Waals surface area contributed by atoms with Gasteiger partial charge in [0.1, 0.15) is 5.82 Å². The molecule has 3 rings (SSSR count). The lowest BCUT2D eigenvalue weighted by Crippen LogP contribution is -2.33. The third kappa shape index (κ3) is 4.32. The number of halogens is 1. The fourth-order valence-electron chi connectivity index (χ4n) is 2.68. The van der Waals surface area contributed by atoms with Crippen molar-refractivity contribution < 1.29 is 18.8 Å². The second-order valence-electron chi connectivity index (χ2n) is 5.95. The molecule has 1 unspecified atom stereocenters. The molecule has 0 heterocycles. The molecule has 0 bridgehead atoms. The van der Waals surface area contributed by atoms with E-state index >= 15 is 0 Å². The Morgan fingerprint density at radius 1 is 1.28 bits per heavy atom. The van der Waals surface area contributed by atoms with Gasteiger partial charge in [-0.3, -0.25) is 14.9 Å². The highest BCUT2D eigenvalue weighted by atomic mass is 19.1. The summed E-state index contributed by atoms with van der Waals surface area (Å²) in [4.78, 5) is 22.5. The molecule has 25 heavy (non-hydrogen) atoms. The zero-order valence-corrected chi connectivity index (χ0v) is 13.4. The number of hydrogen-bond acceptors (Lipinski definition) is 4. The number of nitrogens with one attached hydrogen (secondary N) is 1. The number of nitro benzene ring substituents is 1. The first-order chi connectivity index (χ1) is 12.0. The Kier molecular flexibility index (Phi) is 4.92. The van der Waals surface area contributed by atoms with Crippen LogP contribution in [0.1, 0.15) is 24.4 Å². The number of carbonyl (C=O) groups excluding carboxylic acids is 1. The Morgan fingerprint density at radius 2 is 2.00 bits per heavy atom. The monoisotopic (exact) mass is 344 g/mol. The predicted molar refractivity (Wildman–Crippen MR) is 88.6 cm³/mol. The molecule has 0 aromatic heterocycles. The Morgan fingerprint density at radius 3 is 2.64 bits per heavy atom. The predicted octanol–water partition coefficient (Wildman–Crippen LogP) is 3.38. The largest absolute Gasteiger partial charge is 0.477 e. The van der Waals surface area contributed by atoms with Gasteiger partial charge >= 0.3 is 5.69 Å². The molecule has 1 saturated carbocycles. The van der Waals surface area contributed by atoms with Gasteiger partial charge in [0.2, 0.25) is 5.75 Å². The zero-order chi connectivity index (χ0) is 17.8. The molecule has 130 valence electrons. The third-order valence-corrected chi connectivity index (χ3v) is 4.05. The number of rotatable bonds is 7. The number of hydrogen-bond donors (Lipinski definition) is 1. The molecular weight excluding hydrogens is 327 g/mol. The normalized spacial score (nSPS) is 14.6. The van der Waals surface area contributed by atoms with Crippen molar-refractivity contribution >= 4 is 11.6 Å². The molecule has 1 amide bonds. The molecular formula is C18H17FN2O4. The highest BCUT2D eigenvalue weighted by Gasteiger charge is 2.33. The molecule has 0 radical (unpaired) electrons. The molecule has 2 aromatic carbocycles. The molecule has 0 spiro atoms. The summed E-state index contributed by atoms with van der Waals surface area (Å²) >= 11 is 0. The first-order valence-electron chi connectivity index (χ1n) is 7.95. The molecule has 1 aliphatic rings. The van der Waals surface area contributed by atoms with Crippen molar-refractivity contribution in [2.24, 2.45) is 5.92 Å². The highest BCUT2D eigenvalue weighted by Crippen LogP contribution is 2.40. The first kappa shape index (κ1) is 16.9. The molecule has 0 saturated heterocycles. The van der Waals surface area contributed by atoms with Gasteiger partial charge in [-0.1, -0.05) is 30.3 Å². The average molecular weight is 344 g/mol. The van der Waals surface area contributed by atoms with Crippen LogP contribution in [0.4, 0.5) is 10.1 Å². The minimum absolute atomic E-state index is 0.111. The van der Waals surface area contributed by atoms with Crippen LogP contribution < -0.4 is 10.1 Å². The minimum atomic E-state index is -0.677. The molecule has 1 fully saturated rings. The standard InChI is InChI=1S/C18H17FN2O4/c19-14-8-9-15(21(23)24)16(10-14)25-11-17(22)20-18(13-6-7-13)12-4-2-1-3-5-12/h1-5,8-10,13,18H,6-7,11H2,(H,20,22). The number of nitro groups is 1. The van der Waals surface area contributed by atoms with Crippen molar-refractivity contribution in [2.75, 3.05) is 6.61 Å². The van der Waals surface area contributed by atoms with E-state index in [-0.39, 0.29) is 17.5 Å². The Hall–Kier alpha value is -2.96. The lowest BCUT2D eigenvalue weighted by atomic mass is 10.0. The van der Waals surface area contributed by atoms with Crippen LogP contribution in [-0.4, -0.2) is 17.4 Å². The Labute approximate surface area is 143 Å². The van der Waals surface area contributed by atoms with E-state index in [0.29, 0.717) is 5.92 Å². The minimum Gasteiger partial charge on any atom is -0.477 e. The molecule has 2 aromatic rings. The van der Waals surface area contributed by atoms with Gasteiger partial charge in [-0.2, -0.15) is 0 Å². The number of nitrogens with zero attached hydrogens (tertiary/aromatic N) is 1. The van der Waals surface area contributed by atoms with Crippen LogP contribution in [0.15, 0.2) is 48.5 Å². The van der Waals surface area contributed by atoms with Gasteiger partial charge in [-0.05, 0) is 30.4 Å². The molecule has 1 N–H and O–H groups in total. The van der Waals surface area contributed by atoms with Crippen molar-refractivity contribution in [3.63, 3.8) is 0 Å². The van der Waals surface area contributed by atoms with E-state index in [9.17, 15) is 19.3 Å². The summed E-state index contributed by atoms with van der Waals surface area (Å²) in [5, 5.41) is 13.8. The van der Waals surface area contributed by atoms with Crippen LogP contribution in [0.3, 0.4) is 0 Å². The van der Waals surface area contributed by atoms with Gasteiger partial charge in [0.25, 0.3) is 5.91 Å². The fraction of sp³-hybridized carbons (Fsp3) is 0.278. The number of benzene rings is 2. The molecule has 1 atom stereocenters. The van der Waals surface area contributed by atoms with Crippen LogP contribution in [0.2, 0.25) is 0 Å². The zero-order valence-electron chi connectivity index (χ0n) is 13.4. The summed E-state index contributed by atoms with van der Waals surface area (Å²) < 4.78 is 18.5. The molecule has 0 aliphatic heterocycles. The number of amides is 1. The quantitative estimate of drug-likeness (QED) is 0.617. The summed E-state index contributed by atoms with van der Waals surface area (Å²) in [6, 6.07) is 12.4. The van der Waals surface area contributed by atoms with Crippen molar-refractivity contribution in [1.82, 2.24) is 5.32 Å². The van der Waals surface area contributed by atoms with Crippen molar-refractivity contribution in [1.29, 1.82) is 0 Å². The molecule has 1 aliphatic carbocycles. The van der Waals surface area contributed by atoms with Gasteiger partial charge in [-0.25, -0.2) is 4.39 Å². The summed E-state index contributed by atoms with van der Waals surface area (Å²) in [6.07, 6.45) is 2.08. The Balaban J connectivity index is 1.65. The van der Waals surface area contributed by atoms with Gasteiger partial charge in [0.15, 0.2) is 6.61 Å².